The Labute approximate surface area is 141 Å². The monoisotopic (exact) mass is 332 g/mol. The van der Waals surface area contributed by atoms with Crippen molar-refractivity contribution < 1.29 is 9.59 Å². The van der Waals surface area contributed by atoms with Crippen LogP contribution < -0.4 is 10.9 Å². The molecule has 2 amide bonds. The van der Waals surface area contributed by atoms with Crippen LogP contribution in [0.2, 0.25) is 0 Å². The Morgan fingerprint density at radius 3 is 2.48 bits per heavy atom. The van der Waals surface area contributed by atoms with Crippen LogP contribution in [0.5, 0.6) is 0 Å². The fourth-order valence-corrected chi connectivity index (χ4v) is 4.57. The number of amides is 2. The number of thioether (sulfide) groups is 1. The van der Waals surface area contributed by atoms with Gasteiger partial charge in [-0.3, -0.25) is 20.4 Å². The molecular weight excluding hydrogens is 308 g/mol. The lowest BCUT2D eigenvalue weighted by Gasteiger charge is -2.20. The number of carbonyl (C=O) groups excluding carboxylic acids is 2. The molecule has 0 spiro atoms. The minimum Gasteiger partial charge on any atom is -0.273 e. The van der Waals surface area contributed by atoms with Crippen LogP contribution in [0.1, 0.15) is 37.7 Å². The van der Waals surface area contributed by atoms with Crippen LogP contribution in [-0.4, -0.2) is 17.6 Å². The Morgan fingerprint density at radius 1 is 1.09 bits per heavy atom. The predicted octanol–water partition coefficient (Wildman–Crippen LogP) is 3.06. The summed E-state index contributed by atoms with van der Waals surface area (Å²) in [7, 11) is 0. The van der Waals surface area contributed by atoms with Gasteiger partial charge in [-0.25, -0.2) is 0 Å². The van der Waals surface area contributed by atoms with Crippen LogP contribution in [0, 0.1) is 24.7 Å². The van der Waals surface area contributed by atoms with Crippen LogP contribution in [0.4, 0.5) is 0 Å². The maximum absolute atomic E-state index is 12.0. The first-order valence-corrected chi connectivity index (χ1v) is 9.36. The summed E-state index contributed by atoms with van der Waals surface area (Å²) >= 11 is 1.47. The SMILES string of the molecule is Cc1ccc(SCC(=O)NNC(=O)C[C@H]2C[C@@H]3CC[C@@H]2C3)cc1. The number of hydrazine groups is 1. The topological polar surface area (TPSA) is 58.2 Å². The largest absolute Gasteiger partial charge is 0.273 e. The van der Waals surface area contributed by atoms with Gasteiger partial charge in [0, 0.05) is 11.3 Å². The van der Waals surface area contributed by atoms with E-state index in [4.69, 9.17) is 0 Å². The maximum Gasteiger partial charge on any atom is 0.248 e. The lowest BCUT2D eigenvalue weighted by molar-refractivity contribution is -0.128. The van der Waals surface area contributed by atoms with E-state index < -0.39 is 0 Å². The van der Waals surface area contributed by atoms with Crippen molar-refractivity contribution >= 4 is 23.6 Å². The van der Waals surface area contributed by atoms with E-state index in [0.29, 0.717) is 18.1 Å². The van der Waals surface area contributed by atoms with Gasteiger partial charge in [-0.15, -0.1) is 11.8 Å². The van der Waals surface area contributed by atoms with Crippen molar-refractivity contribution in [2.45, 2.75) is 43.9 Å². The quantitative estimate of drug-likeness (QED) is 0.643. The molecule has 4 nitrogen and oxygen atoms in total. The number of aryl methyl sites for hydroxylation is 1. The molecule has 124 valence electrons. The Hall–Kier alpha value is -1.49. The van der Waals surface area contributed by atoms with Crippen LogP contribution in [-0.2, 0) is 9.59 Å². The average Bonchev–Trinajstić information content (AvgIpc) is 3.15. The van der Waals surface area contributed by atoms with Gasteiger partial charge in [-0.1, -0.05) is 24.1 Å². The van der Waals surface area contributed by atoms with Gasteiger partial charge in [-0.05, 0) is 56.1 Å². The van der Waals surface area contributed by atoms with E-state index in [1.54, 1.807) is 0 Å². The van der Waals surface area contributed by atoms with Gasteiger partial charge in [0.25, 0.3) is 0 Å². The standard InChI is InChI=1S/C18H24N2O2S/c1-12-2-6-16(7-3-12)23-11-18(22)20-19-17(21)10-15-9-13-4-5-14(15)8-13/h2-3,6-7,13-15H,4-5,8-11H2,1H3,(H,19,21)(H,20,22)/t13-,14-,15-/m1/s1. The molecule has 5 heteroatoms. The van der Waals surface area contributed by atoms with Crippen molar-refractivity contribution in [3.63, 3.8) is 0 Å². The normalized spacial score (nSPS) is 25.3. The van der Waals surface area contributed by atoms with Crippen LogP contribution in [0.25, 0.3) is 0 Å². The number of nitrogens with one attached hydrogen (secondary N) is 2. The van der Waals surface area contributed by atoms with Crippen LogP contribution >= 0.6 is 11.8 Å². The minimum atomic E-state index is -0.170. The lowest BCUT2D eigenvalue weighted by Crippen LogP contribution is -2.43. The van der Waals surface area contributed by atoms with E-state index in [1.165, 1.54) is 43.0 Å². The molecule has 3 atom stereocenters. The summed E-state index contributed by atoms with van der Waals surface area (Å²) in [5.41, 5.74) is 6.29. The van der Waals surface area contributed by atoms with Crippen molar-refractivity contribution in [1.29, 1.82) is 0 Å². The summed E-state index contributed by atoms with van der Waals surface area (Å²) in [5.74, 6) is 2.18. The number of benzene rings is 1. The molecule has 1 aromatic rings. The van der Waals surface area contributed by atoms with Gasteiger partial charge in [0.1, 0.15) is 0 Å². The molecule has 0 aromatic heterocycles. The van der Waals surface area contributed by atoms with E-state index in [1.807, 2.05) is 31.2 Å². The molecule has 2 N–H and O–H groups in total. The average molecular weight is 332 g/mol. The highest BCUT2D eigenvalue weighted by Crippen LogP contribution is 2.49. The molecule has 0 heterocycles. The zero-order valence-corrected chi connectivity index (χ0v) is 14.3. The molecule has 0 saturated heterocycles. The van der Waals surface area contributed by atoms with Crippen molar-refractivity contribution in [2.75, 3.05) is 5.75 Å². The summed E-state index contributed by atoms with van der Waals surface area (Å²) in [6.07, 6.45) is 5.66. The molecule has 0 radical (unpaired) electrons. The molecule has 23 heavy (non-hydrogen) atoms. The minimum absolute atomic E-state index is 0.0590. The molecule has 2 saturated carbocycles. The van der Waals surface area contributed by atoms with Gasteiger partial charge in [0.15, 0.2) is 0 Å². The number of carbonyl (C=O) groups is 2. The smallest absolute Gasteiger partial charge is 0.248 e. The van der Waals surface area contributed by atoms with Gasteiger partial charge >= 0.3 is 0 Å². The van der Waals surface area contributed by atoms with Gasteiger partial charge in [0.05, 0.1) is 5.75 Å². The first-order valence-electron chi connectivity index (χ1n) is 8.37. The molecule has 0 unspecified atom stereocenters. The van der Waals surface area contributed by atoms with Gasteiger partial charge in [-0.2, -0.15) is 0 Å². The van der Waals surface area contributed by atoms with Crippen molar-refractivity contribution in [2.24, 2.45) is 17.8 Å². The first kappa shape index (κ1) is 16.4. The van der Waals surface area contributed by atoms with Gasteiger partial charge in [0.2, 0.25) is 11.8 Å². The zero-order valence-electron chi connectivity index (χ0n) is 13.5. The highest BCUT2D eigenvalue weighted by Gasteiger charge is 2.40. The number of rotatable bonds is 5. The Balaban J connectivity index is 1.34. The van der Waals surface area contributed by atoms with E-state index in [2.05, 4.69) is 10.9 Å². The van der Waals surface area contributed by atoms with E-state index in [-0.39, 0.29) is 11.8 Å². The summed E-state index contributed by atoms with van der Waals surface area (Å²) < 4.78 is 0. The van der Waals surface area contributed by atoms with E-state index in [9.17, 15) is 9.59 Å². The molecule has 0 aliphatic heterocycles. The van der Waals surface area contributed by atoms with E-state index >= 15 is 0 Å². The van der Waals surface area contributed by atoms with Crippen molar-refractivity contribution in [3.8, 4) is 0 Å². The molecule has 2 aliphatic carbocycles. The van der Waals surface area contributed by atoms with Crippen molar-refractivity contribution in [3.05, 3.63) is 29.8 Å². The van der Waals surface area contributed by atoms with Crippen LogP contribution in [0.15, 0.2) is 29.2 Å². The van der Waals surface area contributed by atoms with Gasteiger partial charge < -0.3 is 0 Å². The summed E-state index contributed by atoms with van der Waals surface area (Å²) in [6.45, 7) is 2.03. The molecule has 1 aromatic carbocycles. The zero-order chi connectivity index (χ0) is 16.2. The molecule has 2 fully saturated rings. The number of hydrogen-bond acceptors (Lipinski definition) is 3. The molecular formula is C18H24N2O2S. The van der Waals surface area contributed by atoms with Crippen LogP contribution in [0.3, 0.4) is 0 Å². The number of hydrogen-bond donors (Lipinski definition) is 2. The third kappa shape index (κ3) is 4.50. The molecule has 2 bridgehead atoms. The Morgan fingerprint density at radius 2 is 1.83 bits per heavy atom. The Bertz CT molecular complexity index is 573. The summed E-state index contributed by atoms with van der Waals surface area (Å²) in [6, 6.07) is 8.05. The lowest BCUT2D eigenvalue weighted by atomic mass is 9.86. The highest BCUT2D eigenvalue weighted by molar-refractivity contribution is 8.00. The molecule has 3 rings (SSSR count). The second-order valence-corrected chi connectivity index (χ2v) is 7.89. The fourth-order valence-electron chi connectivity index (χ4n) is 3.87. The third-order valence-corrected chi connectivity index (χ3v) is 6.08. The summed E-state index contributed by atoms with van der Waals surface area (Å²) in [4.78, 5) is 24.8. The highest BCUT2D eigenvalue weighted by atomic mass is 32.2. The fraction of sp³-hybridized carbons (Fsp3) is 0.556. The third-order valence-electron chi connectivity index (χ3n) is 5.06. The van der Waals surface area contributed by atoms with E-state index in [0.717, 1.165) is 16.7 Å². The Kier molecular flexibility index (Phi) is 5.26. The molecule has 2 aliphatic rings. The first-order chi connectivity index (χ1) is 11.1. The second-order valence-electron chi connectivity index (χ2n) is 6.84. The summed E-state index contributed by atoms with van der Waals surface area (Å²) in [5, 5.41) is 0. The second kappa shape index (κ2) is 7.39. The number of fused-ring (bicyclic) bond motifs is 2. The van der Waals surface area contributed by atoms with Crippen molar-refractivity contribution in [1.82, 2.24) is 10.9 Å². The maximum atomic E-state index is 12.0. The predicted molar refractivity (Wildman–Crippen MR) is 91.7 cm³/mol.